The van der Waals surface area contributed by atoms with Crippen molar-refractivity contribution >= 4 is 11.8 Å². The van der Waals surface area contributed by atoms with Crippen LogP contribution < -0.4 is 5.32 Å². The Balaban J connectivity index is 2.75. The van der Waals surface area contributed by atoms with Crippen LogP contribution in [0.2, 0.25) is 0 Å². The van der Waals surface area contributed by atoms with Crippen molar-refractivity contribution in [2.75, 3.05) is 38.8 Å². The number of nitrogens with one attached hydrogen (secondary N) is 1. The average Bonchev–Trinajstić information content (AvgIpc) is 2.49. The number of hydrogen-bond acceptors (Lipinski definition) is 6. The van der Waals surface area contributed by atoms with Crippen LogP contribution in [0.5, 0.6) is 0 Å². The van der Waals surface area contributed by atoms with Gasteiger partial charge < -0.3 is 19.9 Å². The van der Waals surface area contributed by atoms with E-state index >= 15 is 0 Å². The molecule has 0 fully saturated rings. The number of aryl methyl sites for hydroxylation is 1. The minimum absolute atomic E-state index is 0.209. The number of anilines is 1. The van der Waals surface area contributed by atoms with Gasteiger partial charge in [-0.25, -0.2) is 4.79 Å². The number of aromatic carboxylic acids is 1. The summed E-state index contributed by atoms with van der Waals surface area (Å²) >= 11 is 0. The number of methoxy groups -OCH3 is 1. The van der Waals surface area contributed by atoms with E-state index in [-0.39, 0.29) is 5.56 Å². The van der Waals surface area contributed by atoms with E-state index < -0.39 is 5.97 Å². The summed E-state index contributed by atoms with van der Waals surface area (Å²) < 4.78 is 10.2. The number of hydrogen-bond donors (Lipinski definition) is 2. The molecule has 0 saturated heterocycles. The second-order valence-electron chi connectivity index (χ2n) is 4.39. The van der Waals surface area contributed by atoms with Gasteiger partial charge in [-0.1, -0.05) is 13.8 Å². The van der Waals surface area contributed by atoms with Crippen molar-refractivity contribution in [1.82, 2.24) is 10.2 Å². The molecule has 0 spiro atoms. The van der Waals surface area contributed by atoms with Crippen molar-refractivity contribution in [2.24, 2.45) is 0 Å². The minimum atomic E-state index is -0.987. The molecule has 0 aliphatic carbocycles. The first-order valence-electron chi connectivity index (χ1n) is 7.07. The highest BCUT2D eigenvalue weighted by Gasteiger charge is 2.19. The Bertz CT molecular complexity index is 466. The van der Waals surface area contributed by atoms with Gasteiger partial charge in [-0.05, 0) is 18.4 Å². The first-order valence-corrected chi connectivity index (χ1v) is 7.07. The average molecular weight is 297 g/mol. The van der Waals surface area contributed by atoms with Crippen molar-refractivity contribution in [3.05, 3.63) is 16.8 Å². The number of nitrogens with zero attached hydrogens (tertiary/aromatic N) is 2. The summed E-state index contributed by atoms with van der Waals surface area (Å²) in [5, 5.41) is 20.5. The van der Waals surface area contributed by atoms with Gasteiger partial charge in [0.2, 0.25) is 0 Å². The van der Waals surface area contributed by atoms with Crippen LogP contribution in [0.3, 0.4) is 0 Å². The Hall–Kier alpha value is -1.73. The highest BCUT2D eigenvalue weighted by Crippen LogP contribution is 2.20. The largest absolute Gasteiger partial charge is 0.478 e. The number of carbonyl (C=O) groups is 1. The van der Waals surface area contributed by atoms with Crippen molar-refractivity contribution in [1.29, 1.82) is 0 Å². The minimum Gasteiger partial charge on any atom is -0.478 e. The third kappa shape index (κ3) is 4.95. The first kappa shape index (κ1) is 17.3. The zero-order chi connectivity index (χ0) is 15.7. The van der Waals surface area contributed by atoms with E-state index in [9.17, 15) is 9.90 Å². The van der Waals surface area contributed by atoms with Crippen molar-refractivity contribution in [3.63, 3.8) is 0 Å². The molecule has 2 N–H and O–H groups in total. The summed E-state index contributed by atoms with van der Waals surface area (Å²) in [7, 11) is 1.61. The van der Waals surface area contributed by atoms with Crippen LogP contribution in [0.1, 0.15) is 35.5 Å². The SMILES string of the molecule is CCc1nnc(NCCOCCOC)c(C(=O)O)c1CC. The van der Waals surface area contributed by atoms with Gasteiger partial charge in [0.25, 0.3) is 0 Å². The molecule has 1 rings (SSSR count). The number of carboxylic acids is 1. The smallest absolute Gasteiger partial charge is 0.339 e. The Morgan fingerprint density at radius 1 is 1.19 bits per heavy atom. The third-order valence-corrected chi connectivity index (χ3v) is 3.03. The van der Waals surface area contributed by atoms with Crippen LogP contribution in [0.25, 0.3) is 0 Å². The molecule has 0 radical (unpaired) electrons. The summed E-state index contributed by atoms with van der Waals surface area (Å²) in [4.78, 5) is 11.5. The van der Waals surface area contributed by atoms with Crippen LogP contribution in [-0.2, 0) is 22.3 Å². The van der Waals surface area contributed by atoms with Gasteiger partial charge in [0.05, 0.1) is 25.5 Å². The predicted molar refractivity (Wildman–Crippen MR) is 78.9 cm³/mol. The van der Waals surface area contributed by atoms with Gasteiger partial charge in [-0.3, -0.25) is 0 Å². The van der Waals surface area contributed by atoms with E-state index in [1.54, 1.807) is 7.11 Å². The zero-order valence-corrected chi connectivity index (χ0v) is 12.8. The van der Waals surface area contributed by atoms with Crippen LogP contribution in [0.15, 0.2) is 0 Å². The standard InChI is InChI=1S/C14H23N3O4/c1-4-10-11(5-2)16-17-13(12(10)14(18)19)15-6-7-21-9-8-20-3/h4-9H2,1-3H3,(H,15,17)(H,18,19). The summed E-state index contributed by atoms with van der Waals surface area (Å²) in [6.45, 7) is 5.80. The lowest BCUT2D eigenvalue weighted by Gasteiger charge is -2.13. The molecule has 0 atom stereocenters. The lowest BCUT2D eigenvalue weighted by Crippen LogP contribution is -2.18. The monoisotopic (exact) mass is 297 g/mol. The highest BCUT2D eigenvalue weighted by molar-refractivity contribution is 5.95. The molecular weight excluding hydrogens is 274 g/mol. The van der Waals surface area contributed by atoms with Gasteiger partial charge in [-0.2, -0.15) is 5.10 Å². The van der Waals surface area contributed by atoms with E-state index in [2.05, 4.69) is 15.5 Å². The molecule has 0 bridgehead atoms. The predicted octanol–water partition coefficient (Wildman–Crippen LogP) is 1.37. The van der Waals surface area contributed by atoms with Crippen molar-refractivity contribution in [2.45, 2.75) is 26.7 Å². The maximum absolute atomic E-state index is 11.5. The number of ether oxygens (including phenoxy) is 2. The lowest BCUT2D eigenvalue weighted by atomic mass is 10.0. The molecule has 21 heavy (non-hydrogen) atoms. The fraction of sp³-hybridized carbons (Fsp3) is 0.643. The molecule has 0 amide bonds. The summed E-state index contributed by atoms with van der Waals surface area (Å²) in [5.74, 6) is -0.689. The van der Waals surface area contributed by atoms with Crippen LogP contribution >= 0.6 is 0 Å². The highest BCUT2D eigenvalue weighted by atomic mass is 16.5. The molecular formula is C14H23N3O4. The van der Waals surface area contributed by atoms with Gasteiger partial charge in [-0.15, -0.1) is 5.10 Å². The number of carboxylic acid groups (broad SMARTS) is 1. The Morgan fingerprint density at radius 2 is 1.95 bits per heavy atom. The molecule has 0 aromatic carbocycles. The molecule has 7 nitrogen and oxygen atoms in total. The Labute approximate surface area is 124 Å². The molecule has 1 aromatic rings. The quantitative estimate of drug-likeness (QED) is 0.630. The second kappa shape index (κ2) is 9.25. The van der Waals surface area contributed by atoms with E-state index in [4.69, 9.17) is 9.47 Å². The summed E-state index contributed by atoms with van der Waals surface area (Å²) in [5.41, 5.74) is 1.68. The number of rotatable bonds is 10. The van der Waals surface area contributed by atoms with Gasteiger partial charge >= 0.3 is 5.97 Å². The van der Waals surface area contributed by atoms with E-state index in [0.717, 1.165) is 11.3 Å². The van der Waals surface area contributed by atoms with Gasteiger partial charge in [0.1, 0.15) is 5.56 Å². The molecule has 1 aromatic heterocycles. The Morgan fingerprint density at radius 3 is 2.52 bits per heavy atom. The van der Waals surface area contributed by atoms with Crippen LogP contribution in [0.4, 0.5) is 5.82 Å². The second-order valence-corrected chi connectivity index (χ2v) is 4.39. The van der Waals surface area contributed by atoms with Gasteiger partial charge in [0.15, 0.2) is 5.82 Å². The normalized spacial score (nSPS) is 10.6. The molecule has 1 heterocycles. The number of aromatic nitrogens is 2. The molecule has 0 aliphatic heterocycles. The molecule has 0 saturated carbocycles. The summed E-state index contributed by atoms with van der Waals surface area (Å²) in [6.07, 6.45) is 1.27. The molecule has 7 heteroatoms. The van der Waals surface area contributed by atoms with E-state index in [1.165, 1.54) is 0 Å². The fourth-order valence-electron chi connectivity index (χ4n) is 2.01. The van der Waals surface area contributed by atoms with E-state index in [0.29, 0.717) is 45.0 Å². The topological polar surface area (TPSA) is 93.6 Å². The maximum Gasteiger partial charge on any atom is 0.339 e. The maximum atomic E-state index is 11.5. The molecule has 0 unspecified atom stereocenters. The molecule has 118 valence electrons. The zero-order valence-electron chi connectivity index (χ0n) is 12.8. The van der Waals surface area contributed by atoms with Crippen molar-refractivity contribution in [3.8, 4) is 0 Å². The summed E-state index contributed by atoms with van der Waals surface area (Å²) in [6, 6.07) is 0. The van der Waals surface area contributed by atoms with Crippen LogP contribution in [-0.4, -0.2) is 54.7 Å². The van der Waals surface area contributed by atoms with E-state index in [1.807, 2.05) is 13.8 Å². The van der Waals surface area contributed by atoms with Gasteiger partial charge in [0, 0.05) is 13.7 Å². The third-order valence-electron chi connectivity index (χ3n) is 3.03. The first-order chi connectivity index (χ1) is 10.2. The van der Waals surface area contributed by atoms with Crippen LogP contribution in [0, 0.1) is 0 Å². The molecule has 0 aliphatic rings. The lowest BCUT2D eigenvalue weighted by molar-refractivity contribution is 0.0695. The fourth-order valence-corrected chi connectivity index (χ4v) is 2.01. The Kier molecular flexibility index (Phi) is 7.63. The van der Waals surface area contributed by atoms with Crippen molar-refractivity contribution < 1.29 is 19.4 Å².